The van der Waals surface area contributed by atoms with Crippen molar-refractivity contribution < 1.29 is 14.3 Å². The minimum atomic E-state index is -0.253. The van der Waals surface area contributed by atoms with Crippen LogP contribution < -0.4 is 5.32 Å². The minimum Gasteiger partial charge on any atom is -0.506 e. The normalized spacial score (nSPS) is 10.8. The third kappa shape index (κ3) is 3.42. The van der Waals surface area contributed by atoms with E-state index < -0.39 is 0 Å². The zero-order valence-electron chi connectivity index (χ0n) is 15.4. The van der Waals surface area contributed by atoms with Gasteiger partial charge in [-0.3, -0.25) is 10.1 Å². The smallest absolute Gasteiger partial charge is 0.233 e. The van der Waals surface area contributed by atoms with Crippen LogP contribution in [-0.2, 0) is 4.79 Å². The van der Waals surface area contributed by atoms with Crippen LogP contribution in [0.25, 0.3) is 33.8 Å². The summed E-state index contributed by atoms with van der Waals surface area (Å²) >= 11 is 1.53. The van der Waals surface area contributed by atoms with Gasteiger partial charge in [-0.1, -0.05) is 42.0 Å². The van der Waals surface area contributed by atoms with Crippen molar-refractivity contribution in [2.24, 2.45) is 0 Å². The van der Waals surface area contributed by atoms with Gasteiger partial charge >= 0.3 is 0 Å². The average Bonchev–Trinajstić information content (AvgIpc) is 3.32. The predicted octanol–water partition coefficient (Wildman–Crippen LogP) is 5.71. The summed E-state index contributed by atoms with van der Waals surface area (Å²) in [5.41, 5.74) is 4.58. The first-order valence-corrected chi connectivity index (χ1v) is 9.67. The van der Waals surface area contributed by atoms with Crippen molar-refractivity contribution in [3.05, 3.63) is 64.9 Å². The van der Waals surface area contributed by atoms with Crippen LogP contribution in [0.5, 0.6) is 5.75 Å². The van der Waals surface area contributed by atoms with Crippen LogP contribution in [0.15, 0.2) is 63.7 Å². The number of oxazole rings is 1. The number of thiophene rings is 1. The van der Waals surface area contributed by atoms with E-state index in [9.17, 15) is 9.90 Å². The van der Waals surface area contributed by atoms with E-state index in [2.05, 4.69) is 10.3 Å². The topological polar surface area (TPSA) is 75.4 Å². The van der Waals surface area contributed by atoms with Crippen LogP contribution in [0.3, 0.4) is 0 Å². The van der Waals surface area contributed by atoms with E-state index in [0.717, 1.165) is 16.7 Å². The quantitative estimate of drug-likeness (QED) is 0.468. The number of nitrogens with zero attached hydrogens (tertiary/aromatic N) is 1. The van der Waals surface area contributed by atoms with Gasteiger partial charge in [0.1, 0.15) is 11.4 Å². The molecule has 0 radical (unpaired) electrons. The zero-order valence-corrected chi connectivity index (χ0v) is 16.2. The number of anilines is 1. The number of benzene rings is 2. The number of para-hydroxylation sites is 1. The summed E-state index contributed by atoms with van der Waals surface area (Å²) in [5, 5.41) is 17.4. The number of amides is 1. The summed E-state index contributed by atoms with van der Waals surface area (Å²) in [4.78, 5) is 16.1. The first-order chi connectivity index (χ1) is 13.5. The first kappa shape index (κ1) is 18.0. The second kappa shape index (κ2) is 7.32. The molecule has 0 saturated carbocycles. The number of carbonyl (C=O) groups is 1. The molecule has 0 fully saturated rings. The molecular formula is C22H18N2O3S. The highest BCUT2D eigenvalue weighted by atomic mass is 32.1. The number of carbonyl (C=O) groups excluding carboxylic acids is 1. The predicted molar refractivity (Wildman–Crippen MR) is 111 cm³/mol. The van der Waals surface area contributed by atoms with Crippen LogP contribution >= 0.6 is 11.3 Å². The number of hydrogen-bond acceptors (Lipinski definition) is 5. The first-order valence-electron chi connectivity index (χ1n) is 8.73. The molecule has 2 aromatic heterocycles. The van der Waals surface area contributed by atoms with Gasteiger partial charge in [0.15, 0.2) is 0 Å². The molecule has 2 heterocycles. The van der Waals surface area contributed by atoms with Crippen LogP contribution in [-0.4, -0.2) is 16.0 Å². The summed E-state index contributed by atoms with van der Waals surface area (Å²) in [7, 11) is 0. The molecule has 0 unspecified atom stereocenters. The molecule has 4 aromatic rings. The molecule has 28 heavy (non-hydrogen) atoms. The van der Waals surface area contributed by atoms with Crippen molar-refractivity contribution in [3.63, 3.8) is 0 Å². The lowest BCUT2D eigenvalue weighted by atomic mass is 10.0. The molecule has 1 amide bonds. The molecule has 0 bridgehead atoms. The molecule has 0 spiro atoms. The maximum Gasteiger partial charge on any atom is 0.233 e. The molecule has 0 aliphatic rings. The molecule has 4 rings (SSSR count). The van der Waals surface area contributed by atoms with Crippen molar-refractivity contribution in [2.75, 3.05) is 5.32 Å². The maximum atomic E-state index is 11.6. The number of aromatic hydroxyl groups is 1. The Balaban J connectivity index is 1.82. The lowest BCUT2D eigenvalue weighted by molar-refractivity contribution is -0.114. The van der Waals surface area contributed by atoms with Gasteiger partial charge in [-0.05, 0) is 30.0 Å². The van der Waals surface area contributed by atoms with Crippen LogP contribution in [0, 0.1) is 6.92 Å². The number of hydrogen-bond donors (Lipinski definition) is 2. The third-order valence-electron chi connectivity index (χ3n) is 4.34. The third-order valence-corrected chi connectivity index (χ3v) is 5.02. The lowest BCUT2D eigenvalue weighted by Crippen LogP contribution is -2.05. The van der Waals surface area contributed by atoms with Gasteiger partial charge < -0.3 is 9.52 Å². The largest absolute Gasteiger partial charge is 0.506 e. The fraction of sp³-hybridized carbons (Fsp3) is 0.0909. The van der Waals surface area contributed by atoms with Crippen molar-refractivity contribution >= 4 is 23.1 Å². The molecule has 0 atom stereocenters. The molecule has 2 N–H and O–H groups in total. The Kier molecular flexibility index (Phi) is 4.71. The van der Waals surface area contributed by atoms with Gasteiger partial charge in [0, 0.05) is 23.4 Å². The molecule has 2 aromatic carbocycles. The van der Waals surface area contributed by atoms with Crippen molar-refractivity contribution in [2.45, 2.75) is 13.8 Å². The van der Waals surface area contributed by atoms with E-state index in [0.29, 0.717) is 16.8 Å². The van der Waals surface area contributed by atoms with Gasteiger partial charge in [0.05, 0.1) is 5.56 Å². The molecule has 0 aliphatic carbocycles. The molecule has 5 nitrogen and oxygen atoms in total. The van der Waals surface area contributed by atoms with E-state index in [1.165, 1.54) is 18.3 Å². The summed E-state index contributed by atoms with van der Waals surface area (Å²) < 4.78 is 5.83. The standard InChI is InChI=1S/C22H18N2O3S/c1-13-6-8-15(9-7-13)17-4-3-5-18(20(17)26)21-24-19(16-10-11-28-12-16)22(27-21)23-14(2)25/h3-12,26H,1-2H3,(H,23,25). The molecule has 6 heteroatoms. The highest BCUT2D eigenvalue weighted by Gasteiger charge is 2.21. The summed E-state index contributed by atoms with van der Waals surface area (Å²) in [6, 6.07) is 15.3. The Labute approximate surface area is 166 Å². The fourth-order valence-corrected chi connectivity index (χ4v) is 3.60. The number of aryl methyl sites for hydroxylation is 1. The lowest BCUT2D eigenvalue weighted by Gasteiger charge is -2.08. The van der Waals surface area contributed by atoms with Gasteiger partial charge in [0.2, 0.25) is 17.7 Å². The van der Waals surface area contributed by atoms with Gasteiger partial charge in [-0.15, -0.1) is 0 Å². The van der Waals surface area contributed by atoms with Crippen molar-refractivity contribution in [1.82, 2.24) is 4.98 Å². The van der Waals surface area contributed by atoms with E-state index in [1.54, 1.807) is 6.07 Å². The SMILES string of the molecule is CC(=O)Nc1oc(-c2cccc(-c3ccc(C)cc3)c2O)nc1-c1ccsc1. The van der Waals surface area contributed by atoms with Gasteiger partial charge in [-0.2, -0.15) is 11.3 Å². The Bertz CT molecular complexity index is 1130. The second-order valence-electron chi connectivity index (χ2n) is 6.46. The number of phenols is 1. The van der Waals surface area contributed by atoms with Gasteiger partial charge in [0.25, 0.3) is 0 Å². The number of phenolic OH excluding ortho intramolecular Hbond substituents is 1. The van der Waals surface area contributed by atoms with Crippen LogP contribution in [0.4, 0.5) is 5.88 Å². The summed E-state index contributed by atoms with van der Waals surface area (Å²) in [6.45, 7) is 3.43. The second-order valence-corrected chi connectivity index (χ2v) is 7.24. The maximum absolute atomic E-state index is 11.6. The summed E-state index contributed by atoms with van der Waals surface area (Å²) in [6.07, 6.45) is 0. The highest BCUT2D eigenvalue weighted by Crippen LogP contribution is 2.41. The van der Waals surface area contributed by atoms with Crippen LogP contribution in [0.1, 0.15) is 12.5 Å². The Morgan fingerprint density at radius 3 is 2.50 bits per heavy atom. The molecule has 0 saturated heterocycles. The molecule has 0 aliphatic heterocycles. The van der Waals surface area contributed by atoms with E-state index in [4.69, 9.17) is 4.42 Å². The Hall–Kier alpha value is -3.38. The number of aromatic nitrogens is 1. The van der Waals surface area contributed by atoms with Crippen LogP contribution in [0.2, 0.25) is 0 Å². The van der Waals surface area contributed by atoms with E-state index >= 15 is 0 Å². The molecule has 140 valence electrons. The van der Waals surface area contributed by atoms with E-state index in [-0.39, 0.29) is 23.4 Å². The van der Waals surface area contributed by atoms with Crippen molar-refractivity contribution in [1.29, 1.82) is 0 Å². The van der Waals surface area contributed by atoms with E-state index in [1.807, 2.05) is 60.1 Å². The highest BCUT2D eigenvalue weighted by molar-refractivity contribution is 7.08. The Morgan fingerprint density at radius 1 is 1.07 bits per heavy atom. The Morgan fingerprint density at radius 2 is 1.82 bits per heavy atom. The number of nitrogens with one attached hydrogen (secondary N) is 1. The summed E-state index contributed by atoms with van der Waals surface area (Å²) in [5.74, 6) is 0.341. The van der Waals surface area contributed by atoms with Crippen molar-refractivity contribution in [3.8, 4) is 39.6 Å². The molecular weight excluding hydrogens is 372 g/mol. The minimum absolute atomic E-state index is 0.0823. The number of rotatable bonds is 4. The van der Waals surface area contributed by atoms with Gasteiger partial charge in [-0.25, -0.2) is 4.98 Å². The fourth-order valence-electron chi connectivity index (χ4n) is 2.96. The average molecular weight is 390 g/mol. The zero-order chi connectivity index (χ0) is 19.7. The monoisotopic (exact) mass is 390 g/mol.